The molecule has 9 nitrogen and oxygen atoms in total. The van der Waals surface area contributed by atoms with Crippen LogP contribution in [0.1, 0.15) is 18.4 Å². The van der Waals surface area contributed by atoms with Gasteiger partial charge < -0.3 is 19.5 Å². The fraction of sp³-hybridized carbons (Fsp3) is 0.364. The Morgan fingerprint density at radius 1 is 0.969 bits per heavy atom. The van der Waals surface area contributed by atoms with Crippen LogP contribution >= 0.6 is 0 Å². The van der Waals surface area contributed by atoms with Crippen molar-refractivity contribution in [2.75, 3.05) is 34.4 Å². The van der Waals surface area contributed by atoms with Gasteiger partial charge in [-0.3, -0.25) is 9.79 Å². The van der Waals surface area contributed by atoms with Crippen molar-refractivity contribution in [2.24, 2.45) is 4.99 Å². The van der Waals surface area contributed by atoms with E-state index in [-0.39, 0.29) is 29.6 Å². The first-order valence-electron chi connectivity index (χ1n) is 10.1. The van der Waals surface area contributed by atoms with Crippen LogP contribution in [0.25, 0.3) is 0 Å². The molecule has 1 saturated heterocycles. The van der Waals surface area contributed by atoms with Crippen molar-refractivity contribution in [2.45, 2.75) is 23.4 Å². The monoisotopic (exact) mass is 459 g/mol. The van der Waals surface area contributed by atoms with Crippen LogP contribution in [-0.4, -0.2) is 64.4 Å². The predicted molar refractivity (Wildman–Crippen MR) is 118 cm³/mol. The standard InChI is InChI=1S/C22H25N3O6S/c1-29-16-6-4-5-15(13-16)20-21(26)24-22(23-20)9-11-25(12-10-22)32(27,28)19-14-17(30-2)7-8-18(19)31-3/h4-8,13-14H,9-12H2,1-3H3,(H,24,26). The van der Waals surface area contributed by atoms with E-state index in [1.165, 1.54) is 24.6 Å². The van der Waals surface area contributed by atoms with Gasteiger partial charge in [-0.1, -0.05) is 12.1 Å². The molecule has 0 saturated carbocycles. The van der Waals surface area contributed by atoms with E-state index in [0.29, 0.717) is 35.6 Å². The maximum atomic E-state index is 13.3. The number of nitrogens with one attached hydrogen (secondary N) is 1. The number of nitrogens with zero attached hydrogens (tertiary/aromatic N) is 2. The highest BCUT2D eigenvalue weighted by molar-refractivity contribution is 7.89. The molecule has 1 N–H and O–H groups in total. The Morgan fingerprint density at radius 3 is 2.31 bits per heavy atom. The zero-order valence-corrected chi connectivity index (χ0v) is 18.9. The fourth-order valence-electron chi connectivity index (χ4n) is 3.99. The molecule has 0 aliphatic carbocycles. The lowest BCUT2D eigenvalue weighted by Gasteiger charge is -2.36. The summed E-state index contributed by atoms with van der Waals surface area (Å²) in [5, 5.41) is 2.96. The second-order valence-electron chi connectivity index (χ2n) is 7.60. The molecule has 1 fully saturated rings. The largest absolute Gasteiger partial charge is 0.497 e. The zero-order valence-electron chi connectivity index (χ0n) is 18.1. The minimum atomic E-state index is -3.82. The summed E-state index contributed by atoms with van der Waals surface area (Å²) < 4.78 is 43.7. The third-order valence-corrected chi connectivity index (χ3v) is 7.69. The van der Waals surface area contributed by atoms with Gasteiger partial charge in [0.2, 0.25) is 10.0 Å². The third-order valence-electron chi connectivity index (χ3n) is 5.77. The number of amides is 1. The van der Waals surface area contributed by atoms with Crippen molar-refractivity contribution in [3.63, 3.8) is 0 Å². The van der Waals surface area contributed by atoms with Gasteiger partial charge in [0.05, 0.1) is 21.3 Å². The lowest BCUT2D eigenvalue weighted by Crippen LogP contribution is -2.52. The van der Waals surface area contributed by atoms with Crippen molar-refractivity contribution in [1.29, 1.82) is 0 Å². The number of benzene rings is 2. The van der Waals surface area contributed by atoms with E-state index in [1.54, 1.807) is 43.5 Å². The molecule has 1 spiro atoms. The smallest absolute Gasteiger partial charge is 0.272 e. The summed E-state index contributed by atoms with van der Waals surface area (Å²) in [6.07, 6.45) is 0.718. The van der Waals surface area contributed by atoms with Gasteiger partial charge in [-0.2, -0.15) is 4.31 Å². The van der Waals surface area contributed by atoms with Crippen molar-refractivity contribution in [3.8, 4) is 17.2 Å². The molecule has 0 unspecified atom stereocenters. The van der Waals surface area contributed by atoms with Gasteiger partial charge >= 0.3 is 0 Å². The summed E-state index contributed by atoms with van der Waals surface area (Å²) in [4.78, 5) is 17.4. The molecule has 32 heavy (non-hydrogen) atoms. The fourth-order valence-corrected chi connectivity index (χ4v) is 5.60. The second kappa shape index (κ2) is 8.44. The molecule has 0 radical (unpaired) electrons. The van der Waals surface area contributed by atoms with Gasteiger partial charge in [0.15, 0.2) is 0 Å². The first kappa shape index (κ1) is 22.1. The molecule has 170 valence electrons. The van der Waals surface area contributed by atoms with Crippen LogP contribution in [0.4, 0.5) is 0 Å². The van der Waals surface area contributed by atoms with Crippen molar-refractivity contribution >= 4 is 21.6 Å². The lowest BCUT2D eigenvalue weighted by atomic mass is 10.00. The Balaban J connectivity index is 1.56. The maximum Gasteiger partial charge on any atom is 0.272 e. The van der Waals surface area contributed by atoms with Crippen LogP contribution in [-0.2, 0) is 14.8 Å². The highest BCUT2D eigenvalue weighted by Gasteiger charge is 2.44. The molecular weight excluding hydrogens is 434 g/mol. The van der Waals surface area contributed by atoms with E-state index in [1.807, 2.05) is 0 Å². The van der Waals surface area contributed by atoms with Gasteiger partial charge in [-0.15, -0.1) is 0 Å². The summed E-state index contributed by atoms with van der Waals surface area (Å²) in [7, 11) is 0.640. The number of methoxy groups -OCH3 is 3. The summed E-state index contributed by atoms with van der Waals surface area (Å²) >= 11 is 0. The van der Waals surface area contributed by atoms with Crippen LogP contribution in [0.2, 0.25) is 0 Å². The van der Waals surface area contributed by atoms with Crippen LogP contribution in [0.3, 0.4) is 0 Å². The van der Waals surface area contributed by atoms with E-state index in [0.717, 1.165) is 0 Å². The summed E-state index contributed by atoms with van der Waals surface area (Å²) in [5.41, 5.74) is 0.171. The maximum absolute atomic E-state index is 13.3. The normalized spacial score (nSPS) is 18.2. The number of aliphatic imine (C=N–C) groups is 1. The average Bonchev–Trinajstić information content (AvgIpc) is 3.14. The molecule has 1 amide bonds. The Morgan fingerprint density at radius 2 is 1.66 bits per heavy atom. The van der Waals surface area contributed by atoms with Crippen molar-refractivity contribution in [1.82, 2.24) is 9.62 Å². The topological polar surface area (TPSA) is 107 Å². The first-order chi connectivity index (χ1) is 15.3. The molecule has 0 bridgehead atoms. The van der Waals surface area contributed by atoms with Gasteiger partial charge in [0, 0.05) is 37.6 Å². The summed E-state index contributed by atoms with van der Waals surface area (Å²) in [5.74, 6) is 1.03. The highest BCUT2D eigenvalue weighted by Crippen LogP contribution is 2.35. The Bertz CT molecular complexity index is 1170. The number of carbonyl (C=O) groups excluding carboxylic acids is 1. The van der Waals surface area contributed by atoms with Gasteiger partial charge in [-0.05, 0) is 24.3 Å². The average molecular weight is 460 g/mol. The van der Waals surface area contributed by atoms with Crippen LogP contribution in [0, 0.1) is 0 Å². The van der Waals surface area contributed by atoms with Gasteiger partial charge in [-0.25, -0.2) is 8.42 Å². The van der Waals surface area contributed by atoms with Gasteiger partial charge in [0.1, 0.15) is 33.5 Å². The van der Waals surface area contributed by atoms with Crippen LogP contribution in [0.5, 0.6) is 17.2 Å². The SMILES string of the molecule is COc1cccc(C2=NC3(CCN(S(=O)(=O)c4cc(OC)ccc4OC)CC3)NC2=O)c1. The predicted octanol–water partition coefficient (Wildman–Crippen LogP) is 1.81. The summed E-state index contributed by atoms with van der Waals surface area (Å²) in [6, 6.07) is 11.8. The van der Waals surface area contributed by atoms with E-state index in [4.69, 9.17) is 19.2 Å². The number of ether oxygens (including phenoxy) is 3. The number of hydrogen-bond acceptors (Lipinski definition) is 7. The first-order valence-corrected chi connectivity index (χ1v) is 11.5. The quantitative estimate of drug-likeness (QED) is 0.706. The molecule has 4 rings (SSSR count). The Labute approximate surface area is 187 Å². The second-order valence-corrected chi connectivity index (χ2v) is 9.51. The molecule has 10 heteroatoms. The lowest BCUT2D eigenvalue weighted by molar-refractivity contribution is -0.115. The Kier molecular flexibility index (Phi) is 5.83. The molecule has 2 aliphatic rings. The van der Waals surface area contributed by atoms with Crippen molar-refractivity contribution in [3.05, 3.63) is 48.0 Å². The molecule has 0 aromatic heterocycles. The molecular formula is C22H25N3O6S. The molecule has 0 atom stereocenters. The van der Waals surface area contributed by atoms with Crippen LogP contribution < -0.4 is 19.5 Å². The minimum absolute atomic E-state index is 0.0475. The van der Waals surface area contributed by atoms with Gasteiger partial charge in [0.25, 0.3) is 5.91 Å². The van der Waals surface area contributed by atoms with E-state index < -0.39 is 15.7 Å². The Hall–Kier alpha value is -3.11. The molecule has 2 aromatic carbocycles. The summed E-state index contributed by atoms with van der Waals surface area (Å²) in [6.45, 7) is 0.412. The number of hydrogen-bond donors (Lipinski definition) is 1. The molecule has 2 heterocycles. The third kappa shape index (κ3) is 3.91. The van der Waals surface area contributed by atoms with E-state index >= 15 is 0 Å². The number of rotatable bonds is 6. The molecule has 2 aromatic rings. The zero-order chi connectivity index (χ0) is 22.9. The highest BCUT2D eigenvalue weighted by atomic mass is 32.2. The van der Waals surface area contributed by atoms with E-state index in [2.05, 4.69) is 5.32 Å². The number of sulfonamides is 1. The minimum Gasteiger partial charge on any atom is -0.497 e. The van der Waals surface area contributed by atoms with Crippen LogP contribution in [0.15, 0.2) is 52.4 Å². The number of piperidine rings is 1. The van der Waals surface area contributed by atoms with E-state index in [9.17, 15) is 13.2 Å². The number of carbonyl (C=O) groups is 1. The van der Waals surface area contributed by atoms with Crippen molar-refractivity contribution < 1.29 is 27.4 Å². The molecule has 2 aliphatic heterocycles.